The van der Waals surface area contributed by atoms with Crippen molar-refractivity contribution in [2.45, 2.75) is 20.0 Å². The molecule has 20 heavy (non-hydrogen) atoms. The molecule has 0 aliphatic carbocycles. The summed E-state index contributed by atoms with van der Waals surface area (Å²) in [6.45, 7) is 3.72. The Kier molecular flexibility index (Phi) is 4.79. The summed E-state index contributed by atoms with van der Waals surface area (Å²) < 4.78 is 6.44. The number of halogens is 1. The van der Waals surface area contributed by atoms with Crippen molar-refractivity contribution in [3.8, 4) is 5.75 Å². The van der Waals surface area contributed by atoms with Crippen molar-refractivity contribution in [2.24, 2.45) is 0 Å². The minimum Gasteiger partial charge on any atom is -0.481 e. The average molecular weight is 334 g/mol. The first-order valence-electron chi connectivity index (χ1n) is 6.35. The lowest BCUT2D eigenvalue weighted by Gasteiger charge is -2.15. The van der Waals surface area contributed by atoms with Gasteiger partial charge in [0.25, 0.3) is 5.91 Å². The largest absolute Gasteiger partial charge is 0.481 e. The van der Waals surface area contributed by atoms with E-state index >= 15 is 0 Å². The Morgan fingerprint density at radius 3 is 2.55 bits per heavy atom. The highest BCUT2D eigenvalue weighted by Gasteiger charge is 2.15. The Labute approximate surface area is 127 Å². The predicted octanol–water partition coefficient (Wildman–Crippen LogP) is 4.16. The summed E-state index contributed by atoms with van der Waals surface area (Å²) in [6.07, 6.45) is -0.564. The van der Waals surface area contributed by atoms with E-state index in [0.717, 1.165) is 15.7 Å². The lowest BCUT2D eigenvalue weighted by Crippen LogP contribution is -2.30. The first-order valence-corrected chi connectivity index (χ1v) is 7.14. The number of carbonyl (C=O) groups excluding carboxylic acids is 1. The molecule has 2 aromatic rings. The summed E-state index contributed by atoms with van der Waals surface area (Å²) in [5.41, 5.74) is 1.87. The molecule has 4 heteroatoms. The molecule has 0 unspecified atom stereocenters. The Balaban J connectivity index is 2.01. The van der Waals surface area contributed by atoms with E-state index in [1.165, 1.54) is 0 Å². The van der Waals surface area contributed by atoms with E-state index in [0.29, 0.717) is 5.75 Å². The van der Waals surface area contributed by atoms with E-state index in [-0.39, 0.29) is 5.91 Å². The van der Waals surface area contributed by atoms with E-state index in [1.807, 2.05) is 55.5 Å². The van der Waals surface area contributed by atoms with Gasteiger partial charge < -0.3 is 10.1 Å². The lowest BCUT2D eigenvalue weighted by atomic mass is 10.2. The van der Waals surface area contributed by atoms with Crippen molar-refractivity contribution in [3.63, 3.8) is 0 Å². The van der Waals surface area contributed by atoms with Crippen LogP contribution < -0.4 is 10.1 Å². The number of hydrogen-bond acceptors (Lipinski definition) is 2. The number of anilines is 1. The molecule has 0 aliphatic rings. The quantitative estimate of drug-likeness (QED) is 0.912. The van der Waals surface area contributed by atoms with E-state index in [2.05, 4.69) is 21.2 Å². The molecule has 0 heterocycles. The summed E-state index contributed by atoms with van der Waals surface area (Å²) in [4.78, 5) is 12.1. The van der Waals surface area contributed by atoms with Crippen molar-refractivity contribution in [2.75, 3.05) is 5.32 Å². The van der Waals surface area contributed by atoms with Crippen LogP contribution >= 0.6 is 15.9 Å². The maximum Gasteiger partial charge on any atom is 0.265 e. The zero-order valence-electron chi connectivity index (χ0n) is 11.4. The molecule has 0 spiro atoms. The molecule has 0 aromatic heterocycles. The van der Waals surface area contributed by atoms with Crippen LogP contribution in [0, 0.1) is 6.92 Å². The van der Waals surface area contributed by atoms with Gasteiger partial charge in [-0.05, 0) is 59.6 Å². The molecular weight excluding hydrogens is 318 g/mol. The second-order valence-corrected chi connectivity index (χ2v) is 5.40. The third kappa shape index (κ3) is 3.84. The average Bonchev–Trinajstić information content (AvgIpc) is 2.43. The smallest absolute Gasteiger partial charge is 0.265 e. The summed E-state index contributed by atoms with van der Waals surface area (Å²) in [5, 5.41) is 2.85. The number of hydrogen-bond donors (Lipinski definition) is 1. The molecule has 0 aliphatic heterocycles. The molecule has 0 saturated carbocycles. The van der Waals surface area contributed by atoms with Gasteiger partial charge in [0.15, 0.2) is 6.10 Å². The van der Waals surface area contributed by atoms with Gasteiger partial charge in [-0.3, -0.25) is 4.79 Å². The number of carbonyl (C=O) groups is 1. The lowest BCUT2D eigenvalue weighted by molar-refractivity contribution is -0.122. The molecule has 3 nitrogen and oxygen atoms in total. The zero-order chi connectivity index (χ0) is 14.5. The monoisotopic (exact) mass is 333 g/mol. The van der Waals surface area contributed by atoms with Crippen molar-refractivity contribution in [3.05, 3.63) is 58.6 Å². The molecule has 0 bridgehead atoms. The molecular formula is C16H16BrNO2. The second kappa shape index (κ2) is 6.57. The van der Waals surface area contributed by atoms with Crippen molar-refractivity contribution in [1.82, 2.24) is 0 Å². The van der Waals surface area contributed by atoms with E-state index in [4.69, 9.17) is 4.74 Å². The third-order valence-electron chi connectivity index (χ3n) is 2.81. The molecule has 1 N–H and O–H groups in total. The van der Waals surface area contributed by atoms with E-state index in [1.54, 1.807) is 6.92 Å². The Bertz CT molecular complexity index is 599. The fourth-order valence-corrected chi connectivity index (χ4v) is 2.30. The van der Waals surface area contributed by atoms with Gasteiger partial charge in [0.05, 0.1) is 5.69 Å². The van der Waals surface area contributed by atoms with Gasteiger partial charge in [-0.1, -0.05) is 24.3 Å². The van der Waals surface area contributed by atoms with Crippen molar-refractivity contribution >= 4 is 27.5 Å². The van der Waals surface area contributed by atoms with Gasteiger partial charge in [0, 0.05) is 4.47 Å². The normalized spacial score (nSPS) is 11.8. The predicted molar refractivity (Wildman–Crippen MR) is 84.0 cm³/mol. The third-order valence-corrected chi connectivity index (χ3v) is 3.46. The number of benzene rings is 2. The van der Waals surface area contributed by atoms with Crippen LogP contribution in [0.1, 0.15) is 12.5 Å². The van der Waals surface area contributed by atoms with Crippen LogP contribution in [0.4, 0.5) is 5.69 Å². The standard InChI is InChI=1S/C16H16BrNO2/c1-11-8-9-15(14(17)10-11)18-16(19)12(2)20-13-6-4-3-5-7-13/h3-10,12H,1-2H3,(H,18,19)/t12-/m0/s1. The summed E-state index contributed by atoms with van der Waals surface area (Å²) >= 11 is 3.44. The van der Waals surface area contributed by atoms with Crippen LogP contribution in [0.2, 0.25) is 0 Å². The zero-order valence-corrected chi connectivity index (χ0v) is 13.0. The Morgan fingerprint density at radius 2 is 1.90 bits per heavy atom. The number of nitrogens with one attached hydrogen (secondary N) is 1. The molecule has 1 amide bonds. The van der Waals surface area contributed by atoms with Crippen LogP contribution in [0.3, 0.4) is 0 Å². The molecule has 104 valence electrons. The highest BCUT2D eigenvalue weighted by Crippen LogP contribution is 2.23. The topological polar surface area (TPSA) is 38.3 Å². The molecule has 0 fully saturated rings. The summed E-state index contributed by atoms with van der Waals surface area (Å²) in [6, 6.07) is 15.1. The Hall–Kier alpha value is -1.81. The first kappa shape index (κ1) is 14.6. The number of amides is 1. The van der Waals surface area contributed by atoms with Crippen LogP contribution in [-0.4, -0.2) is 12.0 Å². The molecule has 2 rings (SSSR count). The van der Waals surface area contributed by atoms with Crippen LogP contribution in [0.25, 0.3) is 0 Å². The maximum absolute atomic E-state index is 12.1. The summed E-state index contributed by atoms with van der Waals surface area (Å²) in [7, 11) is 0. The van der Waals surface area contributed by atoms with Crippen LogP contribution in [0.15, 0.2) is 53.0 Å². The highest BCUT2D eigenvalue weighted by atomic mass is 79.9. The van der Waals surface area contributed by atoms with Gasteiger partial charge >= 0.3 is 0 Å². The highest BCUT2D eigenvalue weighted by molar-refractivity contribution is 9.10. The number of aryl methyl sites for hydroxylation is 1. The SMILES string of the molecule is Cc1ccc(NC(=O)[C@H](C)Oc2ccccc2)c(Br)c1. The van der Waals surface area contributed by atoms with Crippen LogP contribution in [0.5, 0.6) is 5.75 Å². The van der Waals surface area contributed by atoms with E-state index < -0.39 is 6.10 Å². The summed E-state index contributed by atoms with van der Waals surface area (Å²) in [5.74, 6) is 0.497. The van der Waals surface area contributed by atoms with Gasteiger partial charge in [0.2, 0.25) is 0 Å². The maximum atomic E-state index is 12.1. The Morgan fingerprint density at radius 1 is 1.20 bits per heavy atom. The molecule has 2 aromatic carbocycles. The molecule has 0 saturated heterocycles. The fourth-order valence-electron chi connectivity index (χ4n) is 1.71. The minimum atomic E-state index is -0.564. The van der Waals surface area contributed by atoms with Gasteiger partial charge in [0.1, 0.15) is 5.75 Å². The van der Waals surface area contributed by atoms with Gasteiger partial charge in [-0.2, -0.15) is 0 Å². The second-order valence-electron chi connectivity index (χ2n) is 4.55. The number of rotatable bonds is 4. The van der Waals surface area contributed by atoms with Crippen molar-refractivity contribution < 1.29 is 9.53 Å². The van der Waals surface area contributed by atoms with Crippen molar-refractivity contribution in [1.29, 1.82) is 0 Å². The first-order chi connectivity index (χ1) is 9.56. The van der Waals surface area contributed by atoms with Gasteiger partial charge in [-0.15, -0.1) is 0 Å². The number of ether oxygens (including phenoxy) is 1. The fraction of sp³-hybridized carbons (Fsp3) is 0.188. The van der Waals surface area contributed by atoms with Gasteiger partial charge in [-0.25, -0.2) is 0 Å². The molecule has 0 radical (unpaired) electrons. The van der Waals surface area contributed by atoms with Crippen LogP contribution in [-0.2, 0) is 4.79 Å². The molecule has 1 atom stereocenters. The van der Waals surface area contributed by atoms with E-state index in [9.17, 15) is 4.79 Å². The minimum absolute atomic E-state index is 0.182. The number of para-hydroxylation sites is 1.